The van der Waals surface area contributed by atoms with Crippen molar-refractivity contribution in [2.24, 2.45) is 0 Å². The Kier molecular flexibility index (Phi) is 4.02. The van der Waals surface area contributed by atoms with Gasteiger partial charge >= 0.3 is 0 Å². The number of halogens is 1. The van der Waals surface area contributed by atoms with E-state index in [-0.39, 0.29) is 5.75 Å². The largest absolute Gasteiger partial charge is 0.497 e. The Balaban J connectivity index is 2.32. The number of aliphatic hydroxyl groups excluding tert-OH is 1. The first-order valence-corrected chi connectivity index (χ1v) is 5.81. The molecule has 100 valence electrons. The molecule has 2 aromatic carbocycles. The van der Waals surface area contributed by atoms with Gasteiger partial charge in [0.2, 0.25) is 0 Å². The normalized spacial score (nSPS) is 12.0. The summed E-state index contributed by atoms with van der Waals surface area (Å²) in [6, 6.07) is 11.4. The van der Waals surface area contributed by atoms with Crippen molar-refractivity contribution < 1.29 is 19.0 Å². The number of hydrogen-bond donors (Lipinski definition) is 1. The van der Waals surface area contributed by atoms with Crippen molar-refractivity contribution in [3.8, 4) is 11.5 Å². The van der Waals surface area contributed by atoms with Crippen LogP contribution in [0.25, 0.3) is 0 Å². The zero-order valence-electron chi connectivity index (χ0n) is 10.8. The number of aliphatic hydroxyl groups is 1. The van der Waals surface area contributed by atoms with Crippen LogP contribution in [0.15, 0.2) is 42.5 Å². The first-order valence-electron chi connectivity index (χ1n) is 5.81. The molecule has 3 nitrogen and oxygen atoms in total. The predicted octanol–water partition coefficient (Wildman–Crippen LogP) is 2.92. The lowest BCUT2D eigenvalue weighted by Gasteiger charge is -2.13. The molecule has 0 spiro atoms. The van der Waals surface area contributed by atoms with Gasteiger partial charge in [0, 0.05) is 0 Å². The molecule has 1 atom stereocenters. The van der Waals surface area contributed by atoms with Crippen LogP contribution in [0.3, 0.4) is 0 Å². The predicted molar refractivity (Wildman–Crippen MR) is 70.0 cm³/mol. The SMILES string of the molecule is COc1cccc(C(O)c2ccc(OC)c(F)c2)c1. The first kappa shape index (κ1) is 13.4. The Bertz CT molecular complexity index is 569. The molecule has 2 rings (SSSR count). The van der Waals surface area contributed by atoms with E-state index in [1.807, 2.05) is 0 Å². The standard InChI is InChI=1S/C15H15FO3/c1-18-12-5-3-4-10(8-12)15(17)11-6-7-14(19-2)13(16)9-11/h3-9,15,17H,1-2H3. The summed E-state index contributed by atoms with van der Waals surface area (Å²) in [5.41, 5.74) is 1.11. The second kappa shape index (κ2) is 5.71. The summed E-state index contributed by atoms with van der Waals surface area (Å²) in [7, 11) is 2.95. The van der Waals surface area contributed by atoms with E-state index in [0.717, 1.165) is 0 Å². The molecule has 0 heterocycles. The lowest BCUT2D eigenvalue weighted by Crippen LogP contribution is -2.01. The van der Waals surface area contributed by atoms with Crippen molar-refractivity contribution in [1.82, 2.24) is 0 Å². The van der Waals surface area contributed by atoms with E-state index in [9.17, 15) is 9.50 Å². The van der Waals surface area contributed by atoms with Crippen LogP contribution in [0.5, 0.6) is 11.5 Å². The van der Waals surface area contributed by atoms with Gasteiger partial charge in [-0.15, -0.1) is 0 Å². The van der Waals surface area contributed by atoms with E-state index in [4.69, 9.17) is 9.47 Å². The molecule has 0 fully saturated rings. The fourth-order valence-electron chi connectivity index (χ4n) is 1.86. The molecule has 0 radical (unpaired) electrons. The van der Waals surface area contributed by atoms with Crippen LogP contribution in [0.4, 0.5) is 4.39 Å². The van der Waals surface area contributed by atoms with Crippen LogP contribution in [-0.4, -0.2) is 19.3 Å². The molecule has 0 bridgehead atoms. The van der Waals surface area contributed by atoms with Gasteiger partial charge < -0.3 is 14.6 Å². The van der Waals surface area contributed by atoms with Crippen molar-refractivity contribution in [1.29, 1.82) is 0 Å². The maximum atomic E-state index is 13.6. The highest BCUT2D eigenvalue weighted by Crippen LogP contribution is 2.27. The average molecular weight is 262 g/mol. The number of hydrogen-bond acceptors (Lipinski definition) is 3. The number of rotatable bonds is 4. The van der Waals surface area contributed by atoms with Gasteiger partial charge in [0.05, 0.1) is 14.2 Å². The molecule has 0 amide bonds. The monoisotopic (exact) mass is 262 g/mol. The summed E-state index contributed by atoms with van der Waals surface area (Å²) in [5.74, 6) is 0.300. The second-order valence-electron chi connectivity index (χ2n) is 4.07. The van der Waals surface area contributed by atoms with Crippen LogP contribution in [-0.2, 0) is 0 Å². The minimum absolute atomic E-state index is 0.154. The number of ether oxygens (including phenoxy) is 2. The number of methoxy groups -OCH3 is 2. The summed E-state index contributed by atoms with van der Waals surface area (Å²) >= 11 is 0. The fraction of sp³-hybridized carbons (Fsp3) is 0.200. The Morgan fingerprint density at radius 3 is 2.37 bits per heavy atom. The van der Waals surface area contributed by atoms with E-state index >= 15 is 0 Å². The highest BCUT2D eigenvalue weighted by atomic mass is 19.1. The molecule has 1 unspecified atom stereocenters. The zero-order chi connectivity index (χ0) is 13.8. The van der Waals surface area contributed by atoms with Gasteiger partial charge in [-0.2, -0.15) is 0 Å². The highest BCUT2D eigenvalue weighted by molar-refractivity contribution is 5.38. The lowest BCUT2D eigenvalue weighted by molar-refractivity contribution is 0.219. The fourth-order valence-corrected chi connectivity index (χ4v) is 1.86. The molecule has 4 heteroatoms. The maximum absolute atomic E-state index is 13.6. The minimum Gasteiger partial charge on any atom is -0.497 e. The first-order chi connectivity index (χ1) is 9.15. The molecule has 0 aromatic heterocycles. The maximum Gasteiger partial charge on any atom is 0.165 e. The van der Waals surface area contributed by atoms with Gasteiger partial charge in [-0.05, 0) is 35.4 Å². The average Bonchev–Trinajstić information content (AvgIpc) is 2.46. The molecule has 0 saturated carbocycles. The third kappa shape index (κ3) is 2.85. The molecular formula is C15H15FO3. The Hall–Kier alpha value is -2.07. The molecule has 0 aliphatic heterocycles. The Morgan fingerprint density at radius 1 is 1.00 bits per heavy atom. The lowest BCUT2D eigenvalue weighted by atomic mass is 10.0. The summed E-state index contributed by atoms with van der Waals surface area (Å²) in [6.07, 6.45) is -0.907. The molecule has 0 aliphatic rings. The zero-order valence-corrected chi connectivity index (χ0v) is 10.8. The van der Waals surface area contributed by atoms with Crippen molar-refractivity contribution in [2.45, 2.75) is 6.10 Å². The third-order valence-electron chi connectivity index (χ3n) is 2.90. The van der Waals surface area contributed by atoms with Gasteiger partial charge in [-0.25, -0.2) is 4.39 Å². The van der Waals surface area contributed by atoms with Gasteiger partial charge in [0.25, 0.3) is 0 Å². The van der Waals surface area contributed by atoms with Crippen molar-refractivity contribution >= 4 is 0 Å². The highest BCUT2D eigenvalue weighted by Gasteiger charge is 2.13. The van der Waals surface area contributed by atoms with Crippen molar-refractivity contribution in [3.05, 3.63) is 59.4 Å². The quantitative estimate of drug-likeness (QED) is 0.920. The van der Waals surface area contributed by atoms with Crippen LogP contribution in [0.2, 0.25) is 0 Å². The van der Waals surface area contributed by atoms with E-state index in [2.05, 4.69) is 0 Å². The molecule has 0 aliphatic carbocycles. The van der Waals surface area contributed by atoms with Crippen LogP contribution >= 0.6 is 0 Å². The summed E-state index contributed by atoms with van der Waals surface area (Å²) in [5, 5.41) is 10.2. The van der Waals surface area contributed by atoms with E-state index in [1.54, 1.807) is 37.4 Å². The smallest absolute Gasteiger partial charge is 0.165 e. The van der Waals surface area contributed by atoms with E-state index in [1.165, 1.54) is 19.2 Å². The van der Waals surface area contributed by atoms with Crippen LogP contribution in [0, 0.1) is 5.82 Å². The molecule has 1 N–H and O–H groups in total. The van der Waals surface area contributed by atoms with Crippen molar-refractivity contribution in [2.75, 3.05) is 14.2 Å². The molecule has 0 saturated heterocycles. The summed E-state index contributed by atoms with van der Waals surface area (Å²) in [4.78, 5) is 0. The minimum atomic E-state index is -0.907. The molecule has 19 heavy (non-hydrogen) atoms. The van der Waals surface area contributed by atoms with Gasteiger partial charge in [0.1, 0.15) is 11.9 Å². The van der Waals surface area contributed by atoms with Crippen LogP contribution in [0.1, 0.15) is 17.2 Å². The Morgan fingerprint density at radius 2 is 1.74 bits per heavy atom. The summed E-state index contributed by atoms with van der Waals surface area (Å²) < 4.78 is 23.6. The molecule has 2 aromatic rings. The van der Waals surface area contributed by atoms with Crippen LogP contribution < -0.4 is 9.47 Å². The van der Waals surface area contributed by atoms with Gasteiger partial charge in [0.15, 0.2) is 11.6 Å². The van der Waals surface area contributed by atoms with Gasteiger partial charge in [-0.3, -0.25) is 0 Å². The third-order valence-corrected chi connectivity index (χ3v) is 2.90. The topological polar surface area (TPSA) is 38.7 Å². The number of benzene rings is 2. The summed E-state index contributed by atoms with van der Waals surface area (Å²) in [6.45, 7) is 0. The van der Waals surface area contributed by atoms with E-state index in [0.29, 0.717) is 16.9 Å². The second-order valence-corrected chi connectivity index (χ2v) is 4.07. The van der Waals surface area contributed by atoms with Gasteiger partial charge in [-0.1, -0.05) is 18.2 Å². The van der Waals surface area contributed by atoms with Crippen molar-refractivity contribution in [3.63, 3.8) is 0 Å². The van der Waals surface area contributed by atoms with E-state index < -0.39 is 11.9 Å². The Labute approximate surface area is 111 Å². The molecular weight excluding hydrogens is 247 g/mol.